The summed E-state index contributed by atoms with van der Waals surface area (Å²) in [6.45, 7) is 7.18. The Bertz CT molecular complexity index is 189. The molecule has 1 heteroatoms. The van der Waals surface area contributed by atoms with E-state index in [0.29, 0.717) is 5.41 Å². The first kappa shape index (κ1) is 10.5. The normalized spacial score (nSPS) is 30.2. The van der Waals surface area contributed by atoms with Gasteiger partial charge in [0.05, 0.1) is 0 Å². The average molecular weight is 195 g/mol. The van der Waals surface area contributed by atoms with Gasteiger partial charge in [0.15, 0.2) is 0 Å². The molecule has 2 rings (SSSR count). The van der Waals surface area contributed by atoms with E-state index in [2.05, 4.69) is 26.1 Å². The highest BCUT2D eigenvalue weighted by molar-refractivity contribution is 4.97. The first-order valence-corrected chi connectivity index (χ1v) is 6.38. The molecule has 1 nitrogen and oxygen atoms in total. The molecule has 0 spiro atoms. The highest BCUT2D eigenvalue weighted by Gasteiger charge is 2.43. The third kappa shape index (κ3) is 2.13. The molecule has 2 atom stereocenters. The van der Waals surface area contributed by atoms with E-state index in [0.717, 1.165) is 18.0 Å². The largest absolute Gasteiger partial charge is 0.311 e. The molecular formula is C13H25N. The zero-order chi connectivity index (χ0) is 10.2. The summed E-state index contributed by atoms with van der Waals surface area (Å²) in [4.78, 5) is 0. The van der Waals surface area contributed by atoms with Crippen LogP contribution < -0.4 is 5.32 Å². The lowest BCUT2D eigenvalue weighted by Crippen LogP contribution is -2.42. The number of rotatable bonds is 4. The van der Waals surface area contributed by atoms with Crippen molar-refractivity contribution in [2.24, 2.45) is 11.3 Å². The Morgan fingerprint density at radius 1 is 1.14 bits per heavy atom. The molecule has 82 valence electrons. The van der Waals surface area contributed by atoms with Gasteiger partial charge in [0.1, 0.15) is 0 Å². The van der Waals surface area contributed by atoms with E-state index in [1.54, 1.807) is 0 Å². The Balaban J connectivity index is 1.78. The summed E-state index contributed by atoms with van der Waals surface area (Å²) < 4.78 is 0. The minimum Gasteiger partial charge on any atom is -0.311 e. The summed E-state index contributed by atoms with van der Waals surface area (Å²) in [5, 5.41) is 3.82. The minimum absolute atomic E-state index is 0.632. The summed E-state index contributed by atoms with van der Waals surface area (Å²) in [5.74, 6) is 0.958. The van der Waals surface area contributed by atoms with Gasteiger partial charge in [0, 0.05) is 12.1 Å². The predicted octanol–water partition coefficient (Wildman–Crippen LogP) is 3.34. The molecule has 2 aliphatic rings. The molecule has 2 fully saturated rings. The van der Waals surface area contributed by atoms with Crippen LogP contribution in [0.1, 0.15) is 59.3 Å². The van der Waals surface area contributed by atoms with Gasteiger partial charge < -0.3 is 5.32 Å². The number of nitrogens with one attached hydrogen (secondary N) is 1. The van der Waals surface area contributed by atoms with Crippen molar-refractivity contribution < 1.29 is 0 Å². The van der Waals surface area contributed by atoms with Crippen LogP contribution in [0.25, 0.3) is 0 Å². The van der Waals surface area contributed by atoms with Crippen LogP contribution in [0.5, 0.6) is 0 Å². The van der Waals surface area contributed by atoms with E-state index >= 15 is 0 Å². The van der Waals surface area contributed by atoms with Crippen molar-refractivity contribution in [2.75, 3.05) is 0 Å². The van der Waals surface area contributed by atoms with Crippen molar-refractivity contribution in [3.63, 3.8) is 0 Å². The second-order valence-corrected chi connectivity index (χ2v) is 5.88. The molecule has 0 radical (unpaired) electrons. The van der Waals surface area contributed by atoms with E-state index in [1.165, 1.54) is 38.5 Å². The Labute approximate surface area is 88.7 Å². The molecule has 0 saturated heterocycles. The first-order valence-electron chi connectivity index (χ1n) is 6.38. The summed E-state index contributed by atoms with van der Waals surface area (Å²) in [5.41, 5.74) is 0.632. The topological polar surface area (TPSA) is 12.0 Å². The van der Waals surface area contributed by atoms with Crippen LogP contribution in [-0.4, -0.2) is 12.1 Å². The molecule has 0 aromatic carbocycles. The lowest BCUT2D eigenvalue weighted by atomic mass is 9.95. The fourth-order valence-electron chi connectivity index (χ4n) is 2.82. The van der Waals surface area contributed by atoms with E-state index in [1.807, 2.05) is 0 Å². The molecule has 14 heavy (non-hydrogen) atoms. The van der Waals surface area contributed by atoms with Crippen molar-refractivity contribution in [2.45, 2.75) is 71.4 Å². The van der Waals surface area contributed by atoms with Crippen LogP contribution in [0.3, 0.4) is 0 Å². The summed E-state index contributed by atoms with van der Waals surface area (Å²) in [6.07, 6.45) is 8.69. The van der Waals surface area contributed by atoms with Crippen molar-refractivity contribution >= 4 is 0 Å². The first-order chi connectivity index (χ1) is 6.62. The maximum Gasteiger partial charge on any atom is 0.00951 e. The average Bonchev–Trinajstić information content (AvgIpc) is 2.71. The molecule has 1 N–H and O–H groups in total. The third-order valence-electron chi connectivity index (χ3n) is 4.70. The molecule has 1 unspecified atom stereocenters. The zero-order valence-electron chi connectivity index (χ0n) is 9.97. The maximum atomic E-state index is 3.82. The van der Waals surface area contributed by atoms with Gasteiger partial charge in [-0.2, -0.15) is 0 Å². The summed E-state index contributed by atoms with van der Waals surface area (Å²) in [6, 6.07) is 1.46. The molecule has 0 aromatic rings. The van der Waals surface area contributed by atoms with Crippen LogP contribution in [0.15, 0.2) is 0 Å². The van der Waals surface area contributed by atoms with E-state index in [4.69, 9.17) is 0 Å². The minimum atomic E-state index is 0.632. The van der Waals surface area contributed by atoms with E-state index in [9.17, 15) is 0 Å². The van der Waals surface area contributed by atoms with Crippen molar-refractivity contribution in [1.82, 2.24) is 5.32 Å². The Hall–Kier alpha value is -0.0400. The fourth-order valence-corrected chi connectivity index (χ4v) is 2.82. The van der Waals surface area contributed by atoms with Gasteiger partial charge in [-0.15, -0.1) is 0 Å². The van der Waals surface area contributed by atoms with Gasteiger partial charge in [-0.1, -0.05) is 19.8 Å². The standard InChI is InChI=1S/C13H25N/c1-10(12-6-4-5-7-12)14-11(2)13(3)8-9-13/h10-12,14H,4-9H2,1-3H3/t10-,11?/m0/s1. The van der Waals surface area contributed by atoms with Gasteiger partial charge in [-0.05, 0) is 50.9 Å². The van der Waals surface area contributed by atoms with Gasteiger partial charge in [-0.25, -0.2) is 0 Å². The monoisotopic (exact) mass is 195 g/mol. The van der Waals surface area contributed by atoms with Crippen LogP contribution in [0.2, 0.25) is 0 Å². The van der Waals surface area contributed by atoms with Crippen LogP contribution >= 0.6 is 0 Å². The second kappa shape index (κ2) is 3.84. The molecular weight excluding hydrogens is 170 g/mol. The highest BCUT2D eigenvalue weighted by atomic mass is 15.0. The smallest absolute Gasteiger partial charge is 0.00951 e. The SMILES string of the molecule is CC(N[C@@H](C)C1CCCC1)C1(C)CC1. The highest BCUT2D eigenvalue weighted by Crippen LogP contribution is 2.48. The molecule has 2 aliphatic carbocycles. The summed E-state index contributed by atoms with van der Waals surface area (Å²) >= 11 is 0. The predicted molar refractivity (Wildman–Crippen MR) is 61.4 cm³/mol. The van der Waals surface area contributed by atoms with Crippen molar-refractivity contribution in [3.05, 3.63) is 0 Å². The zero-order valence-corrected chi connectivity index (χ0v) is 9.97. The quantitative estimate of drug-likeness (QED) is 0.725. The number of hydrogen-bond acceptors (Lipinski definition) is 1. The van der Waals surface area contributed by atoms with Gasteiger partial charge in [0.2, 0.25) is 0 Å². The van der Waals surface area contributed by atoms with E-state index < -0.39 is 0 Å². The molecule has 0 heterocycles. The van der Waals surface area contributed by atoms with Crippen molar-refractivity contribution in [3.8, 4) is 0 Å². The Morgan fingerprint density at radius 3 is 2.21 bits per heavy atom. The Morgan fingerprint density at radius 2 is 1.71 bits per heavy atom. The van der Waals surface area contributed by atoms with E-state index in [-0.39, 0.29) is 0 Å². The van der Waals surface area contributed by atoms with Gasteiger partial charge >= 0.3 is 0 Å². The Kier molecular flexibility index (Phi) is 2.88. The second-order valence-electron chi connectivity index (χ2n) is 5.88. The van der Waals surface area contributed by atoms with Gasteiger partial charge in [-0.3, -0.25) is 0 Å². The maximum absolute atomic E-state index is 3.82. The third-order valence-corrected chi connectivity index (χ3v) is 4.70. The molecule has 0 bridgehead atoms. The molecule has 0 aliphatic heterocycles. The van der Waals surface area contributed by atoms with Crippen molar-refractivity contribution in [1.29, 1.82) is 0 Å². The number of hydrogen-bond donors (Lipinski definition) is 1. The molecule has 2 saturated carbocycles. The van der Waals surface area contributed by atoms with Crippen LogP contribution in [0.4, 0.5) is 0 Å². The van der Waals surface area contributed by atoms with Crippen LogP contribution in [0, 0.1) is 11.3 Å². The lowest BCUT2D eigenvalue weighted by molar-refractivity contribution is 0.291. The van der Waals surface area contributed by atoms with Crippen LogP contribution in [-0.2, 0) is 0 Å². The molecule has 0 aromatic heterocycles. The summed E-state index contributed by atoms with van der Waals surface area (Å²) in [7, 11) is 0. The lowest BCUT2D eigenvalue weighted by Gasteiger charge is -2.28. The van der Waals surface area contributed by atoms with Gasteiger partial charge in [0.25, 0.3) is 0 Å². The fraction of sp³-hybridized carbons (Fsp3) is 1.00. The molecule has 0 amide bonds.